The molecular formula is C3CaO9Sn. The molecule has 0 fully saturated rings. The fourth-order valence-corrected chi connectivity index (χ4v) is 0. The predicted octanol–water partition coefficient (Wildman–Crippen LogP) is -8.10. The van der Waals surface area contributed by atoms with Gasteiger partial charge in [0, 0.05) is 0 Å². The molecule has 72 valence electrons. The molecule has 14 heavy (non-hydrogen) atoms. The van der Waals surface area contributed by atoms with Gasteiger partial charge in [0.05, 0.1) is 0 Å². The fourth-order valence-electron chi connectivity index (χ4n) is 0. The summed E-state index contributed by atoms with van der Waals surface area (Å²) in [7, 11) is 0. The standard InChI is InChI=1S/3CH2O3.Ca.Sn/c3*2-1(3)4;;/h3*(H2,2,3,4);;/q;;;+2;+4/p-6. The van der Waals surface area contributed by atoms with Gasteiger partial charge in [-0.1, -0.05) is 0 Å². The van der Waals surface area contributed by atoms with Crippen LogP contribution in [0.2, 0.25) is 0 Å². The first kappa shape index (κ1) is 29.2. The Morgan fingerprint density at radius 1 is 0.571 bits per heavy atom. The van der Waals surface area contributed by atoms with E-state index in [-0.39, 0.29) is 61.6 Å². The third-order valence-electron chi connectivity index (χ3n) is 0. The van der Waals surface area contributed by atoms with Crippen molar-refractivity contribution in [2.24, 2.45) is 0 Å². The van der Waals surface area contributed by atoms with E-state index < -0.39 is 18.5 Å². The molecule has 0 radical (unpaired) electrons. The van der Waals surface area contributed by atoms with Gasteiger partial charge in [0.2, 0.25) is 0 Å². The van der Waals surface area contributed by atoms with Gasteiger partial charge in [0.15, 0.2) is 0 Å². The molecule has 0 aliphatic heterocycles. The van der Waals surface area contributed by atoms with Gasteiger partial charge in [0.1, 0.15) is 0 Å². The van der Waals surface area contributed by atoms with Gasteiger partial charge in [-0.25, -0.2) is 0 Å². The first-order valence-electron chi connectivity index (χ1n) is 1.84. The van der Waals surface area contributed by atoms with Crippen LogP contribution in [0.15, 0.2) is 0 Å². The molecule has 0 heterocycles. The molecule has 11 heteroatoms. The number of carboxylic acid groups (broad SMARTS) is 6. The summed E-state index contributed by atoms with van der Waals surface area (Å²) in [5, 5.41) is 50.0. The molecule has 0 saturated heterocycles. The summed E-state index contributed by atoms with van der Waals surface area (Å²) in [5.41, 5.74) is 0. The topological polar surface area (TPSA) is 190 Å². The van der Waals surface area contributed by atoms with Crippen LogP contribution in [0.3, 0.4) is 0 Å². The number of hydrogen-bond donors (Lipinski definition) is 0. The maximum atomic E-state index is 8.33. The Kier molecular flexibility index (Phi) is 48.1. The minimum atomic E-state index is -2.33. The van der Waals surface area contributed by atoms with Crippen molar-refractivity contribution < 1.29 is 45.0 Å². The van der Waals surface area contributed by atoms with E-state index in [1.165, 1.54) is 0 Å². The molecule has 0 aromatic carbocycles. The summed E-state index contributed by atoms with van der Waals surface area (Å²) >= 11 is 0. The molecule has 0 spiro atoms. The predicted molar refractivity (Wildman–Crippen MR) is 27.7 cm³/mol. The van der Waals surface area contributed by atoms with Gasteiger partial charge in [-0.15, -0.1) is 0 Å². The van der Waals surface area contributed by atoms with E-state index in [0.717, 1.165) is 0 Å². The second-order valence-electron chi connectivity index (χ2n) is 0.750. The van der Waals surface area contributed by atoms with Crippen molar-refractivity contribution in [3.05, 3.63) is 0 Å². The van der Waals surface area contributed by atoms with E-state index >= 15 is 0 Å². The van der Waals surface area contributed by atoms with Gasteiger partial charge >= 0.3 is 61.6 Å². The number of carbonyl (C=O) groups excluding carboxylic acids is 3. The van der Waals surface area contributed by atoms with Crippen LogP contribution in [-0.4, -0.2) is 80.1 Å². The normalized spacial score (nSPS) is 5.14. The van der Waals surface area contributed by atoms with Crippen LogP contribution in [0.5, 0.6) is 0 Å². The minimum Gasteiger partial charge on any atom is -0.652 e. The van der Waals surface area contributed by atoms with Crippen LogP contribution < -0.4 is 30.6 Å². The molecule has 0 aliphatic carbocycles. The second-order valence-corrected chi connectivity index (χ2v) is 0.750. The van der Waals surface area contributed by atoms with Crippen molar-refractivity contribution in [1.82, 2.24) is 0 Å². The van der Waals surface area contributed by atoms with Crippen LogP contribution in [0.25, 0.3) is 0 Å². The maximum Gasteiger partial charge on any atom is 4.00 e. The zero-order chi connectivity index (χ0) is 10.7. The second kappa shape index (κ2) is 23.0. The Labute approximate surface area is 124 Å². The van der Waals surface area contributed by atoms with Crippen molar-refractivity contribution in [2.75, 3.05) is 0 Å². The molecule has 0 aromatic heterocycles. The Bertz CT molecular complexity index is 118. The Morgan fingerprint density at radius 2 is 0.571 bits per heavy atom. The largest absolute Gasteiger partial charge is 4.00 e. The summed E-state index contributed by atoms with van der Waals surface area (Å²) in [4.78, 5) is 25.0. The first-order valence-corrected chi connectivity index (χ1v) is 1.84. The summed E-state index contributed by atoms with van der Waals surface area (Å²) < 4.78 is 0. The third kappa shape index (κ3) is 81000. The van der Waals surface area contributed by atoms with Crippen molar-refractivity contribution in [1.29, 1.82) is 0 Å². The minimum absolute atomic E-state index is 0. The third-order valence-corrected chi connectivity index (χ3v) is 0. The molecular weight excluding hydrogens is 339 g/mol. The molecule has 0 N–H and O–H groups in total. The van der Waals surface area contributed by atoms with Crippen LogP contribution in [0, 0.1) is 0 Å². The molecule has 0 saturated carbocycles. The summed E-state index contributed by atoms with van der Waals surface area (Å²) in [6.07, 6.45) is -7.00. The first-order chi connectivity index (χ1) is 5.20. The van der Waals surface area contributed by atoms with Crippen LogP contribution >= 0.6 is 0 Å². The zero-order valence-corrected chi connectivity index (χ0v) is 11.4. The number of carbonyl (C=O) groups is 3. The van der Waals surface area contributed by atoms with E-state index in [1.807, 2.05) is 0 Å². The van der Waals surface area contributed by atoms with E-state index in [9.17, 15) is 0 Å². The summed E-state index contributed by atoms with van der Waals surface area (Å²) in [6.45, 7) is 0. The molecule has 0 unspecified atom stereocenters. The van der Waals surface area contributed by atoms with Gasteiger partial charge in [0.25, 0.3) is 0 Å². The van der Waals surface area contributed by atoms with Crippen molar-refractivity contribution in [3.8, 4) is 0 Å². The van der Waals surface area contributed by atoms with E-state index in [1.54, 1.807) is 0 Å². The molecule has 9 nitrogen and oxygen atoms in total. The van der Waals surface area contributed by atoms with Crippen molar-refractivity contribution in [3.63, 3.8) is 0 Å². The molecule has 0 atom stereocenters. The molecule has 0 aromatic rings. The average Bonchev–Trinajstić information content (AvgIpc) is 1.54. The fraction of sp³-hybridized carbons (Fsp3) is 0. The monoisotopic (exact) mass is 340 g/mol. The molecule has 0 bridgehead atoms. The Morgan fingerprint density at radius 3 is 0.571 bits per heavy atom. The molecule has 0 rings (SSSR count). The van der Waals surface area contributed by atoms with E-state index in [2.05, 4.69) is 0 Å². The van der Waals surface area contributed by atoms with Crippen LogP contribution in [0.4, 0.5) is 14.4 Å². The average molecular weight is 339 g/mol. The number of rotatable bonds is 0. The molecule has 0 aliphatic rings. The Balaban J connectivity index is -0.0000000270. The van der Waals surface area contributed by atoms with Gasteiger partial charge in [-0.05, 0) is 18.5 Å². The maximum absolute atomic E-state index is 8.33. The van der Waals surface area contributed by atoms with Gasteiger partial charge in [-0.3, -0.25) is 0 Å². The van der Waals surface area contributed by atoms with Crippen LogP contribution in [0.1, 0.15) is 0 Å². The number of hydrogen-bond acceptors (Lipinski definition) is 9. The summed E-state index contributed by atoms with van der Waals surface area (Å²) in [5.74, 6) is 0. The van der Waals surface area contributed by atoms with Crippen LogP contribution in [-0.2, 0) is 0 Å². The van der Waals surface area contributed by atoms with Crippen molar-refractivity contribution in [2.45, 2.75) is 0 Å². The summed E-state index contributed by atoms with van der Waals surface area (Å²) in [6, 6.07) is 0. The SMILES string of the molecule is O=C([O-])[O-].O=C([O-])[O-].O=C([O-])[O-].[Ca+2].[Sn+4]. The smallest absolute Gasteiger partial charge is 0.652 e. The van der Waals surface area contributed by atoms with E-state index in [0.29, 0.717) is 0 Å². The van der Waals surface area contributed by atoms with Gasteiger partial charge in [-0.2, -0.15) is 0 Å². The van der Waals surface area contributed by atoms with E-state index in [4.69, 9.17) is 45.0 Å². The van der Waals surface area contributed by atoms with Crippen molar-refractivity contribution >= 4 is 80.1 Å². The quantitative estimate of drug-likeness (QED) is 0.386. The zero-order valence-electron chi connectivity index (χ0n) is 6.38. The molecule has 0 amide bonds. The Hall–Kier alpha value is -0.132. The van der Waals surface area contributed by atoms with Gasteiger partial charge < -0.3 is 45.0 Å².